The van der Waals surface area contributed by atoms with Crippen molar-refractivity contribution < 1.29 is 8.42 Å². The minimum absolute atomic E-state index is 0.295. The van der Waals surface area contributed by atoms with E-state index in [9.17, 15) is 8.42 Å². The topological polar surface area (TPSA) is 55.2 Å². The molecule has 28 heavy (non-hydrogen) atoms. The van der Waals surface area contributed by atoms with Gasteiger partial charge in [-0.25, -0.2) is 8.42 Å². The van der Waals surface area contributed by atoms with Crippen molar-refractivity contribution in [1.29, 1.82) is 0 Å². The van der Waals surface area contributed by atoms with Gasteiger partial charge in [0.15, 0.2) is 0 Å². The molecular formula is C22H25N3O2S. The van der Waals surface area contributed by atoms with Crippen LogP contribution in [0, 0.1) is 5.92 Å². The maximum atomic E-state index is 13.5. The Morgan fingerprint density at radius 1 is 1.04 bits per heavy atom. The molecule has 0 bridgehead atoms. The molecule has 2 heterocycles. The SMILES string of the molecule is CC1CCCN(S(=O)(=O)c2cn(Cc3ccccc3)nc2-c2ccccc2)C1. The average Bonchev–Trinajstić information content (AvgIpc) is 3.14. The van der Waals surface area contributed by atoms with Gasteiger partial charge >= 0.3 is 0 Å². The van der Waals surface area contributed by atoms with Crippen LogP contribution in [-0.2, 0) is 16.6 Å². The van der Waals surface area contributed by atoms with Crippen molar-refractivity contribution in [3.8, 4) is 11.3 Å². The first-order valence-electron chi connectivity index (χ1n) is 9.71. The van der Waals surface area contributed by atoms with E-state index in [0.717, 1.165) is 24.0 Å². The maximum absolute atomic E-state index is 13.5. The average molecular weight is 396 g/mol. The van der Waals surface area contributed by atoms with E-state index in [0.29, 0.717) is 36.1 Å². The van der Waals surface area contributed by atoms with Gasteiger partial charge in [0.05, 0.1) is 6.54 Å². The molecule has 0 amide bonds. The van der Waals surface area contributed by atoms with Gasteiger partial charge in [-0.1, -0.05) is 67.6 Å². The lowest BCUT2D eigenvalue weighted by molar-refractivity contribution is 0.281. The Hall–Kier alpha value is -2.44. The van der Waals surface area contributed by atoms with Crippen LogP contribution in [0.2, 0.25) is 0 Å². The molecule has 1 aromatic heterocycles. The summed E-state index contributed by atoms with van der Waals surface area (Å²) in [6, 6.07) is 19.5. The van der Waals surface area contributed by atoms with Crippen LogP contribution in [0.1, 0.15) is 25.3 Å². The first-order chi connectivity index (χ1) is 13.5. The fourth-order valence-corrected chi connectivity index (χ4v) is 5.50. The second kappa shape index (κ2) is 7.89. The van der Waals surface area contributed by atoms with Crippen LogP contribution in [0.15, 0.2) is 71.8 Å². The number of aromatic nitrogens is 2. The number of benzene rings is 2. The van der Waals surface area contributed by atoms with Gasteiger partial charge in [-0.15, -0.1) is 0 Å². The standard InChI is InChI=1S/C22H25N3O2S/c1-18-9-8-14-25(15-18)28(26,27)21-17-24(16-19-10-4-2-5-11-19)23-22(21)20-12-6-3-7-13-20/h2-7,10-13,17-18H,8-9,14-16H2,1H3. The molecule has 3 aromatic rings. The molecule has 6 heteroatoms. The number of rotatable bonds is 5. The van der Waals surface area contributed by atoms with E-state index in [1.54, 1.807) is 15.2 Å². The summed E-state index contributed by atoms with van der Waals surface area (Å²) in [6.07, 6.45) is 3.66. The van der Waals surface area contributed by atoms with Gasteiger partial charge < -0.3 is 0 Å². The van der Waals surface area contributed by atoms with Crippen LogP contribution in [0.25, 0.3) is 11.3 Å². The van der Waals surface area contributed by atoms with Crippen LogP contribution in [0.4, 0.5) is 0 Å². The molecule has 1 atom stereocenters. The number of sulfonamides is 1. The minimum Gasteiger partial charge on any atom is -0.266 e. The molecule has 0 radical (unpaired) electrons. The highest BCUT2D eigenvalue weighted by Crippen LogP contribution is 2.31. The smallest absolute Gasteiger partial charge is 0.246 e. The quantitative estimate of drug-likeness (QED) is 0.656. The highest BCUT2D eigenvalue weighted by molar-refractivity contribution is 7.89. The third-order valence-electron chi connectivity index (χ3n) is 5.20. The molecule has 4 rings (SSSR count). The van der Waals surface area contributed by atoms with E-state index in [1.165, 1.54) is 0 Å². The monoisotopic (exact) mass is 395 g/mol. The van der Waals surface area contributed by atoms with Crippen molar-refractivity contribution in [3.05, 3.63) is 72.4 Å². The highest BCUT2D eigenvalue weighted by Gasteiger charge is 2.32. The predicted octanol–water partition coefficient (Wildman–Crippen LogP) is 4.02. The lowest BCUT2D eigenvalue weighted by Crippen LogP contribution is -2.39. The van der Waals surface area contributed by atoms with Gasteiger partial charge in [-0.2, -0.15) is 9.40 Å². The van der Waals surface area contributed by atoms with Gasteiger partial charge in [0.1, 0.15) is 10.6 Å². The largest absolute Gasteiger partial charge is 0.266 e. The Bertz CT molecular complexity index is 1030. The van der Waals surface area contributed by atoms with Crippen molar-refractivity contribution in [1.82, 2.24) is 14.1 Å². The highest BCUT2D eigenvalue weighted by atomic mass is 32.2. The summed E-state index contributed by atoms with van der Waals surface area (Å²) < 4.78 is 30.3. The first-order valence-corrected chi connectivity index (χ1v) is 11.1. The van der Waals surface area contributed by atoms with Crippen LogP contribution >= 0.6 is 0 Å². The van der Waals surface area contributed by atoms with Gasteiger partial charge in [0, 0.05) is 24.8 Å². The van der Waals surface area contributed by atoms with Gasteiger partial charge in [-0.3, -0.25) is 4.68 Å². The number of nitrogens with zero attached hydrogens (tertiary/aromatic N) is 3. The molecular weight excluding hydrogens is 370 g/mol. The summed E-state index contributed by atoms with van der Waals surface area (Å²) in [5, 5.41) is 4.67. The van der Waals surface area contributed by atoms with E-state index >= 15 is 0 Å². The third kappa shape index (κ3) is 3.88. The normalized spacial score (nSPS) is 18.2. The van der Waals surface area contributed by atoms with Crippen molar-refractivity contribution >= 4 is 10.0 Å². The Morgan fingerprint density at radius 3 is 2.39 bits per heavy atom. The van der Waals surface area contributed by atoms with Crippen molar-refractivity contribution in [2.45, 2.75) is 31.2 Å². The lowest BCUT2D eigenvalue weighted by atomic mass is 10.0. The van der Waals surface area contributed by atoms with Gasteiger partial charge in [0.2, 0.25) is 10.0 Å². The Balaban J connectivity index is 1.76. The molecule has 2 aromatic carbocycles. The van der Waals surface area contributed by atoms with E-state index in [2.05, 4.69) is 12.0 Å². The lowest BCUT2D eigenvalue weighted by Gasteiger charge is -2.29. The molecule has 0 N–H and O–H groups in total. The molecule has 0 aliphatic carbocycles. The Kier molecular flexibility index (Phi) is 5.33. The van der Waals surface area contributed by atoms with E-state index < -0.39 is 10.0 Å². The summed E-state index contributed by atoms with van der Waals surface area (Å²) in [6.45, 7) is 3.79. The summed E-state index contributed by atoms with van der Waals surface area (Å²) >= 11 is 0. The zero-order chi connectivity index (χ0) is 19.6. The second-order valence-electron chi connectivity index (χ2n) is 7.50. The fraction of sp³-hybridized carbons (Fsp3) is 0.318. The summed E-state index contributed by atoms with van der Waals surface area (Å²) in [5.41, 5.74) is 2.42. The van der Waals surface area contributed by atoms with E-state index in [1.807, 2.05) is 60.7 Å². The first kappa shape index (κ1) is 18.9. The van der Waals surface area contributed by atoms with Crippen LogP contribution in [0.5, 0.6) is 0 Å². The summed E-state index contributed by atoms with van der Waals surface area (Å²) in [5.74, 6) is 0.378. The van der Waals surface area contributed by atoms with Gasteiger partial charge in [-0.05, 0) is 24.3 Å². The minimum atomic E-state index is -3.60. The molecule has 146 valence electrons. The van der Waals surface area contributed by atoms with Crippen LogP contribution in [-0.4, -0.2) is 35.6 Å². The van der Waals surface area contributed by atoms with E-state index in [-0.39, 0.29) is 0 Å². The predicted molar refractivity (Wildman–Crippen MR) is 110 cm³/mol. The molecule has 1 fully saturated rings. The third-order valence-corrected chi connectivity index (χ3v) is 7.07. The number of hydrogen-bond donors (Lipinski definition) is 0. The van der Waals surface area contributed by atoms with Crippen molar-refractivity contribution in [2.24, 2.45) is 5.92 Å². The molecule has 1 unspecified atom stereocenters. The maximum Gasteiger partial charge on any atom is 0.246 e. The van der Waals surface area contributed by atoms with Crippen LogP contribution in [0.3, 0.4) is 0 Å². The Morgan fingerprint density at radius 2 is 1.71 bits per heavy atom. The molecule has 1 aliphatic rings. The zero-order valence-corrected chi connectivity index (χ0v) is 16.8. The molecule has 1 saturated heterocycles. The summed E-state index contributed by atoms with van der Waals surface area (Å²) in [4.78, 5) is 0.295. The molecule has 5 nitrogen and oxygen atoms in total. The van der Waals surface area contributed by atoms with Crippen molar-refractivity contribution in [2.75, 3.05) is 13.1 Å². The zero-order valence-electron chi connectivity index (χ0n) is 16.0. The summed E-state index contributed by atoms with van der Waals surface area (Å²) in [7, 11) is -3.60. The van der Waals surface area contributed by atoms with Crippen LogP contribution < -0.4 is 0 Å². The molecule has 1 aliphatic heterocycles. The number of piperidine rings is 1. The van der Waals surface area contributed by atoms with E-state index in [4.69, 9.17) is 0 Å². The fourth-order valence-electron chi connectivity index (χ4n) is 3.74. The Labute approximate surface area is 166 Å². The molecule has 0 saturated carbocycles. The number of hydrogen-bond acceptors (Lipinski definition) is 3. The second-order valence-corrected chi connectivity index (χ2v) is 9.41. The van der Waals surface area contributed by atoms with Crippen molar-refractivity contribution in [3.63, 3.8) is 0 Å². The van der Waals surface area contributed by atoms with Gasteiger partial charge in [0.25, 0.3) is 0 Å². The molecule has 0 spiro atoms.